The molecule has 118 valence electrons. The van der Waals surface area contributed by atoms with Crippen molar-refractivity contribution in [2.24, 2.45) is 11.7 Å². The minimum Gasteiger partial charge on any atom is -0.381 e. The summed E-state index contributed by atoms with van der Waals surface area (Å²) in [6.45, 7) is 5.13. The van der Waals surface area contributed by atoms with E-state index < -0.39 is 0 Å². The Bertz CT molecular complexity index is 428. The van der Waals surface area contributed by atoms with Gasteiger partial charge in [0.15, 0.2) is 0 Å². The van der Waals surface area contributed by atoms with Crippen LogP contribution in [0.2, 0.25) is 0 Å². The van der Waals surface area contributed by atoms with Gasteiger partial charge < -0.3 is 15.4 Å². The third kappa shape index (κ3) is 5.30. The number of ether oxygens (including phenoxy) is 1. The number of amides is 1. The first-order valence-electron chi connectivity index (χ1n) is 7.36. The molecule has 1 aliphatic rings. The molecular formula is C16H25ClN2O2. The van der Waals surface area contributed by atoms with Gasteiger partial charge in [0, 0.05) is 38.1 Å². The lowest BCUT2D eigenvalue weighted by Crippen LogP contribution is -2.31. The monoisotopic (exact) mass is 312 g/mol. The van der Waals surface area contributed by atoms with Gasteiger partial charge in [-0.25, -0.2) is 0 Å². The predicted molar refractivity (Wildman–Crippen MR) is 86.4 cm³/mol. The number of likely N-dealkylation sites (tertiary alicyclic amines) is 1. The van der Waals surface area contributed by atoms with Crippen molar-refractivity contribution >= 4 is 18.3 Å². The van der Waals surface area contributed by atoms with Crippen molar-refractivity contribution in [3.63, 3.8) is 0 Å². The second kappa shape index (κ2) is 9.03. The van der Waals surface area contributed by atoms with E-state index in [-0.39, 0.29) is 24.4 Å². The van der Waals surface area contributed by atoms with Crippen LogP contribution >= 0.6 is 12.4 Å². The van der Waals surface area contributed by atoms with E-state index in [2.05, 4.69) is 0 Å². The molecule has 1 aromatic carbocycles. The summed E-state index contributed by atoms with van der Waals surface area (Å²) in [7, 11) is 0. The minimum atomic E-state index is -0.213. The van der Waals surface area contributed by atoms with Crippen molar-refractivity contribution < 1.29 is 9.53 Å². The molecule has 1 aromatic rings. The summed E-state index contributed by atoms with van der Waals surface area (Å²) < 4.78 is 5.43. The fourth-order valence-corrected chi connectivity index (χ4v) is 2.62. The van der Waals surface area contributed by atoms with Crippen molar-refractivity contribution in [1.29, 1.82) is 0 Å². The number of carbonyl (C=O) groups is 1. The summed E-state index contributed by atoms with van der Waals surface area (Å²) in [6, 6.07) is 9.59. The van der Waals surface area contributed by atoms with Gasteiger partial charge >= 0.3 is 0 Å². The zero-order chi connectivity index (χ0) is 14.4. The van der Waals surface area contributed by atoms with E-state index in [4.69, 9.17) is 10.5 Å². The van der Waals surface area contributed by atoms with Gasteiger partial charge in [-0.2, -0.15) is 0 Å². The van der Waals surface area contributed by atoms with Crippen molar-refractivity contribution in [1.82, 2.24) is 4.90 Å². The molecule has 2 atom stereocenters. The van der Waals surface area contributed by atoms with Crippen molar-refractivity contribution in [3.05, 3.63) is 35.9 Å². The first-order chi connectivity index (χ1) is 9.70. The molecule has 1 amide bonds. The van der Waals surface area contributed by atoms with Crippen LogP contribution in [0.5, 0.6) is 0 Å². The predicted octanol–water partition coefficient (Wildman–Crippen LogP) is 2.38. The van der Waals surface area contributed by atoms with E-state index in [0.717, 1.165) is 38.3 Å². The molecule has 2 N–H and O–H groups in total. The summed E-state index contributed by atoms with van der Waals surface area (Å²) in [5.74, 6) is 0.632. The van der Waals surface area contributed by atoms with Gasteiger partial charge in [-0.3, -0.25) is 4.79 Å². The molecule has 0 aromatic heterocycles. The van der Waals surface area contributed by atoms with Gasteiger partial charge in [-0.15, -0.1) is 12.4 Å². The van der Waals surface area contributed by atoms with E-state index >= 15 is 0 Å². The van der Waals surface area contributed by atoms with Crippen molar-refractivity contribution in [2.45, 2.75) is 25.8 Å². The van der Waals surface area contributed by atoms with E-state index in [1.165, 1.54) is 0 Å². The number of carbonyl (C=O) groups excluding carboxylic acids is 1. The number of hydrogen-bond donors (Lipinski definition) is 1. The number of nitrogens with zero attached hydrogens (tertiary/aromatic N) is 1. The highest BCUT2D eigenvalue weighted by Crippen LogP contribution is 2.20. The van der Waals surface area contributed by atoms with Crippen LogP contribution in [0.1, 0.15) is 31.4 Å². The Balaban J connectivity index is 0.00000220. The fraction of sp³-hybridized carbons (Fsp3) is 0.562. The lowest BCUT2D eigenvalue weighted by atomic mass is 10.0. The largest absolute Gasteiger partial charge is 0.381 e. The maximum absolute atomic E-state index is 12.3. The van der Waals surface area contributed by atoms with Crippen LogP contribution in [-0.4, -0.2) is 37.1 Å². The standard InChI is InChI=1S/C16H24N2O2.ClH/c1-2-20-12-13-8-9-18(11-13)16(19)10-15(17)14-6-4-3-5-7-14;/h3-7,13,15H,2,8-12,17H2,1H3;1H. The van der Waals surface area contributed by atoms with Gasteiger partial charge in [-0.05, 0) is 18.9 Å². The fourth-order valence-electron chi connectivity index (χ4n) is 2.62. The van der Waals surface area contributed by atoms with E-state index in [9.17, 15) is 4.79 Å². The van der Waals surface area contributed by atoms with Crippen molar-refractivity contribution in [3.8, 4) is 0 Å². The third-order valence-corrected chi connectivity index (χ3v) is 3.82. The SMILES string of the molecule is CCOCC1CCN(C(=O)CC(N)c2ccccc2)C1.Cl. The molecule has 0 spiro atoms. The lowest BCUT2D eigenvalue weighted by molar-refractivity contribution is -0.130. The van der Waals surface area contributed by atoms with Gasteiger partial charge in [0.05, 0.1) is 6.61 Å². The van der Waals surface area contributed by atoms with Crippen LogP contribution in [0.4, 0.5) is 0 Å². The summed E-state index contributed by atoms with van der Waals surface area (Å²) in [5.41, 5.74) is 7.13. The zero-order valence-corrected chi connectivity index (χ0v) is 13.3. The molecule has 1 aliphatic heterocycles. The Labute approximate surface area is 133 Å². The average molecular weight is 313 g/mol. The van der Waals surface area contributed by atoms with Gasteiger partial charge in [-0.1, -0.05) is 30.3 Å². The highest BCUT2D eigenvalue weighted by Gasteiger charge is 2.27. The van der Waals surface area contributed by atoms with E-state index in [0.29, 0.717) is 12.3 Å². The van der Waals surface area contributed by atoms with Gasteiger partial charge in [0.2, 0.25) is 5.91 Å². The van der Waals surface area contributed by atoms with Gasteiger partial charge in [0.1, 0.15) is 0 Å². The molecule has 0 aliphatic carbocycles. The molecule has 2 rings (SSSR count). The smallest absolute Gasteiger partial charge is 0.224 e. The lowest BCUT2D eigenvalue weighted by Gasteiger charge is -2.19. The molecule has 2 unspecified atom stereocenters. The summed E-state index contributed by atoms with van der Waals surface area (Å²) >= 11 is 0. The number of halogens is 1. The Morgan fingerprint density at radius 1 is 1.43 bits per heavy atom. The highest BCUT2D eigenvalue weighted by molar-refractivity contribution is 5.85. The molecule has 1 heterocycles. The number of benzene rings is 1. The van der Waals surface area contributed by atoms with E-state index in [1.807, 2.05) is 42.2 Å². The van der Waals surface area contributed by atoms with Crippen LogP contribution in [-0.2, 0) is 9.53 Å². The second-order valence-corrected chi connectivity index (χ2v) is 5.38. The Morgan fingerprint density at radius 2 is 2.14 bits per heavy atom. The first-order valence-corrected chi connectivity index (χ1v) is 7.36. The topological polar surface area (TPSA) is 55.6 Å². The molecule has 0 radical (unpaired) electrons. The first kappa shape index (κ1) is 18.0. The molecule has 5 heteroatoms. The third-order valence-electron chi connectivity index (χ3n) is 3.82. The Morgan fingerprint density at radius 3 is 2.81 bits per heavy atom. The van der Waals surface area contributed by atoms with Crippen LogP contribution in [0.3, 0.4) is 0 Å². The number of rotatable bonds is 6. The van der Waals surface area contributed by atoms with Crippen LogP contribution < -0.4 is 5.73 Å². The summed E-state index contributed by atoms with van der Waals surface area (Å²) in [4.78, 5) is 14.2. The highest BCUT2D eigenvalue weighted by atomic mass is 35.5. The average Bonchev–Trinajstić information content (AvgIpc) is 2.95. The summed E-state index contributed by atoms with van der Waals surface area (Å²) in [5, 5.41) is 0. The Kier molecular flexibility index (Phi) is 7.72. The van der Waals surface area contributed by atoms with Crippen LogP contribution in [0, 0.1) is 5.92 Å². The Hall–Kier alpha value is -1.10. The van der Waals surface area contributed by atoms with Crippen molar-refractivity contribution in [2.75, 3.05) is 26.3 Å². The zero-order valence-electron chi connectivity index (χ0n) is 12.5. The molecule has 4 nitrogen and oxygen atoms in total. The molecular weight excluding hydrogens is 288 g/mol. The quantitative estimate of drug-likeness (QED) is 0.877. The number of hydrogen-bond acceptors (Lipinski definition) is 3. The maximum atomic E-state index is 12.3. The molecule has 1 fully saturated rings. The van der Waals surface area contributed by atoms with Crippen LogP contribution in [0.25, 0.3) is 0 Å². The number of nitrogens with two attached hydrogens (primary N) is 1. The minimum absolute atomic E-state index is 0. The maximum Gasteiger partial charge on any atom is 0.224 e. The molecule has 0 bridgehead atoms. The molecule has 1 saturated heterocycles. The summed E-state index contributed by atoms with van der Waals surface area (Å²) in [6.07, 6.45) is 1.41. The van der Waals surface area contributed by atoms with Gasteiger partial charge in [0.25, 0.3) is 0 Å². The van der Waals surface area contributed by atoms with E-state index in [1.54, 1.807) is 0 Å². The molecule has 0 saturated carbocycles. The van der Waals surface area contributed by atoms with Crippen LogP contribution in [0.15, 0.2) is 30.3 Å². The second-order valence-electron chi connectivity index (χ2n) is 5.38. The normalized spacial score (nSPS) is 19.1. The molecule has 21 heavy (non-hydrogen) atoms.